The van der Waals surface area contributed by atoms with Gasteiger partial charge in [0.05, 0.1) is 7.11 Å². The van der Waals surface area contributed by atoms with Crippen LogP contribution in [-0.4, -0.2) is 23.7 Å². The Hall–Kier alpha value is -1.71. The van der Waals surface area contributed by atoms with Gasteiger partial charge in [0.2, 0.25) is 0 Å². The Morgan fingerprint density at radius 3 is 2.53 bits per heavy atom. The van der Waals surface area contributed by atoms with E-state index >= 15 is 0 Å². The lowest BCUT2D eigenvalue weighted by Gasteiger charge is -2.10. The smallest absolute Gasteiger partial charge is 0.185 e. The van der Waals surface area contributed by atoms with Crippen molar-refractivity contribution in [2.45, 2.75) is 33.6 Å². The molecule has 1 rings (SSSR count). The quantitative estimate of drug-likeness (QED) is 0.736. The van der Waals surface area contributed by atoms with Crippen LogP contribution in [-0.2, 0) is 0 Å². The van der Waals surface area contributed by atoms with Crippen LogP contribution in [0.3, 0.4) is 0 Å². The lowest BCUT2D eigenvalue weighted by atomic mass is 10.1. The van der Waals surface area contributed by atoms with Crippen LogP contribution >= 0.6 is 0 Å². The van der Waals surface area contributed by atoms with E-state index in [1.165, 1.54) is 14.0 Å². The molecule has 0 spiro atoms. The number of aromatic nitrogens is 1. The molecule has 0 atom stereocenters. The minimum absolute atomic E-state index is 0.0875. The predicted octanol–water partition coefficient (Wildman–Crippen LogP) is 2.58. The Kier molecular flexibility index (Phi) is 4.37. The van der Waals surface area contributed by atoms with Gasteiger partial charge >= 0.3 is 0 Å². The Bertz CT molecular complexity index is 452. The van der Waals surface area contributed by atoms with Gasteiger partial charge in [0.15, 0.2) is 17.3 Å². The molecule has 4 heteroatoms. The van der Waals surface area contributed by atoms with Gasteiger partial charge in [-0.1, -0.05) is 6.92 Å². The van der Waals surface area contributed by atoms with Gasteiger partial charge in [0.25, 0.3) is 0 Å². The molecule has 0 aliphatic rings. The molecule has 1 aromatic rings. The second-order valence-electron chi connectivity index (χ2n) is 3.94. The van der Waals surface area contributed by atoms with E-state index in [2.05, 4.69) is 4.98 Å². The molecule has 4 nitrogen and oxygen atoms in total. The van der Waals surface area contributed by atoms with Crippen molar-refractivity contribution in [1.29, 1.82) is 0 Å². The van der Waals surface area contributed by atoms with Crippen LogP contribution < -0.4 is 4.74 Å². The highest BCUT2D eigenvalue weighted by Crippen LogP contribution is 2.24. The maximum atomic E-state index is 11.9. The van der Waals surface area contributed by atoms with Gasteiger partial charge in [0, 0.05) is 13.3 Å². The normalized spacial score (nSPS) is 10.1. The van der Waals surface area contributed by atoms with Crippen LogP contribution in [0.4, 0.5) is 0 Å². The molecule has 17 heavy (non-hydrogen) atoms. The molecule has 0 aliphatic carbocycles. The van der Waals surface area contributed by atoms with Crippen molar-refractivity contribution in [1.82, 2.24) is 4.98 Å². The molecule has 0 N–H and O–H groups in total. The highest BCUT2D eigenvalue weighted by molar-refractivity contribution is 5.99. The summed E-state index contributed by atoms with van der Waals surface area (Å²) in [5.41, 5.74) is 1.33. The molecule has 0 bridgehead atoms. The maximum absolute atomic E-state index is 11.9. The number of ether oxygens (including phenoxy) is 1. The summed E-state index contributed by atoms with van der Waals surface area (Å²) in [7, 11) is 1.50. The number of Topliss-reactive ketones (excluding diaryl/α,β-unsaturated/α-hetero) is 2. The van der Waals surface area contributed by atoms with Crippen molar-refractivity contribution in [2.75, 3.05) is 7.11 Å². The summed E-state index contributed by atoms with van der Waals surface area (Å²) in [5.74, 6) is 0.227. The van der Waals surface area contributed by atoms with Gasteiger partial charge in [-0.15, -0.1) is 0 Å². The van der Waals surface area contributed by atoms with Crippen molar-refractivity contribution in [2.24, 2.45) is 0 Å². The number of rotatable bonds is 5. The van der Waals surface area contributed by atoms with E-state index in [-0.39, 0.29) is 17.3 Å². The van der Waals surface area contributed by atoms with Crippen molar-refractivity contribution in [3.63, 3.8) is 0 Å². The molecular formula is C13H17NO3. The molecule has 0 saturated heterocycles. The van der Waals surface area contributed by atoms with Gasteiger partial charge < -0.3 is 4.74 Å². The molecule has 0 aromatic carbocycles. The third-order valence-corrected chi connectivity index (χ3v) is 2.46. The fraction of sp³-hybridized carbons (Fsp3) is 0.462. The summed E-state index contributed by atoms with van der Waals surface area (Å²) >= 11 is 0. The number of methoxy groups -OCH3 is 1. The molecule has 0 fully saturated rings. The van der Waals surface area contributed by atoms with E-state index in [4.69, 9.17) is 4.74 Å². The number of hydrogen-bond acceptors (Lipinski definition) is 4. The number of aryl methyl sites for hydroxylation is 1. The summed E-state index contributed by atoms with van der Waals surface area (Å²) in [6, 6.07) is 1.64. The van der Waals surface area contributed by atoms with Gasteiger partial charge in [-0.3, -0.25) is 9.59 Å². The number of nitrogens with zero attached hydrogens (tertiary/aromatic N) is 1. The number of carbonyl (C=O) groups is 2. The van der Waals surface area contributed by atoms with Crippen LogP contribution in [0.5, 0.6) is 5.75 Å². The van der Waals surface area contributed by atoms with Crippen molar-refractivity contribution < 1.29 is 14.3 Å². The first kappa shape index (κ1) is 13.4. The fourth-order valence-corrected chi connectivity index (χ4v) is 1.63. The zero-order chi connectivity index (χ0) is 13.0. The second-order valence-corrected chi connectivity index (χ2v) is 3.94. The van der Waals surface area contributed by atoms with Gasteiger partial charge in [-0.25, -0.2) is 4.98 Å². The summed E-state index contributed by atoms with van der Waals surface area (Å²) in [6.07, 6.45) is 1.15. The lowest BCUT2D eigenvalue weighted by molar-refractivity contribution is 0.0973. The third kappa shape index (κ3) is 2.90. The minimum atomic E-state index is -0.152. The van der Waals surface area contributed by atoms with Crippen molar-refractivity contribution in [3.05, 3.63) is 23.0 Å². The van der Waals surface area contributed by atoms with Gasteiger partial charge in [-0.05, 0) is 25.0 Å². The molecule has 0 amide bonds. The number of hydrogen-bond donors (Lipinski definition) is 0. The Balaban J connectivity index is 3.33. The second kappa shape index (κ2) is 5.57. The Morgan fingerprint density at radius 1 is 1.41 bits per heavy atom. The third-order valence-electron chi connectivity index (χ3n) is 2.46. The van der Waals surface area contributed by atoms with E-state index in [0.29, 0.717) is 17.9 Å². The fourth-order valence-electron chi connectivity index (χ4n) is 1.63. The van der Waals surface area contributed by atoms with Crippen LogP contribution in [0, 0.1) is 6.92 Å². The molecular weight excluding hydrogens is 218 g/mol. The summed E-state index contributed by atoms with van der Waals surface area (Å²) in [5, 5.41) is 0. The van der Waals surface area contributed by atoms with Crippen LogP contribution in [0.1, 0.15) is 53.2 Å². The SMILES string of the molecule is CCCC(=O)c1nc(C(C)=O)cc(C)c1OC. The van der Waals surface area contributed by atoms with E-state index < -0.39 is 0 Å². The monoisotopic (exact) mass is 235 g/mol. The first-order chi connectivity index (χ1) is 8.01. The largest absolute Gasteiger partial charge is 0.494 e. The van der Waals surface area contributed by atoms with Crippen LogP contribution in [0.2, 0.25) is 0 Å². The summed E-state index contributed by atoms with van der Waals surface area (Å²) in [6.45, 7) is 5.16. The Morgan fingerprint density at radius 2 is 2.06 bits per heavy atom. The molecule has 0 unspecified atom stereocenters. The number of carbonyl (C=O) groups excluding carboxylic acids is 2. The zero-order valence-corrected chi connectivity index (χ0v) is 10.7. The molecule has 1 heterocycles. The highest BCUT2D eigenvalue weighted by atomic mass is 16.5. The van der Waals surface area contributed by atoms with Crippen LogP contribution in [0.25, 0.3) is 0 Å². The first-order valence-electron chi connectivity index (χ1n) is 5.61. The molecule has 1 aromatic heterocycles. The van der Waals surface area contributed by atoms with Crippen LogP contribution in [0.15, 0.2) is 6.07 Å². The van der Waals surface area contributed by atoms with Crippen molar-refractivity contribution in [3.8, 4) is 5.75 Å². The Labute approximate surface area is 101 Å². The van der Waals surface area contributed by atoms with E-state index in [1.807, 2.05) is 6.92 Å². The van der Waals surface area contributed by atoms with Crippen molar-refractivity contribution >= 4 is 11.6 Å². The highest BCUT2D eigenvalue weighted by Gasteiger charge is 2.18. The number of pyridine rings is 1. The molecule has 92 valence electrons. The molecule has 0 aliphatic heterocycles. The minimum Gasteiger partial charge on any atom is -0.494 e. The number of ketones is 2. The summed E-state index contributed by atoms with van der Waals surface area (Å²) in [4.78, 5) is 27.3. The predicted molar refractivity (Wildman–Crippen MR) is 64.8 cm³/mol. The zero-order valence-electron chi connectivity index (χ0n) is 10.7. The topological polar surface area (TPSA) is 56.3 Å². The van der Waals surface area contributed by atoms with E-state index in [1.54, 1.807) is 13.0 Å². The molecule has 0 radical (unpaired) electrons. The maximum Gasteiger partial charge on any atom is 0.185 e. The molecule has 0 saturated carbocycles. The average Bonchev–Trinajstić information content (AvgIpc) is 2.28. The average molecular weight is 235 g/mol. The summed E-state index contributed by atoms with van der Waals surface area (Å²) < 4.78 is 5.18. The van der Waals surface area contributed by atoms with Gasteiger partial charge in [0.1, 0.15) is 11.4 Å². The first-order valence-corrected chi connectivity index (χ1v) is 5.61. The van der Waals surface area contributed by atoms with E-state index in [9.17, 15) is 9.59 Å². The van der Waals surface area contributed by atoms with E-state index in [0.717, 1.165) is 12.0 Å². The lowest BCUT2D eigenvalue weighted by Crippen LogP contribution is -2.10. The van der Waals surface area contributed by atoms with Gasteiger partial charge in [-0.2, -0.15) is 0 Å². The standard InChI is InChI=1S/C13H17NO3/c1-5-6-11(16)12-13(17-4)8(2)7-10(14-12)9(3)15/h7H,5-6H2,1-4H3.